The lowest BCUT2D eigenvalue weighted by Gasteiger charge is -2.32. The molecule has 0 radical (unpaired) electrons. The van der Waals surface area contributed by atoms with Gasteiger partial charge in [-0.1, -0.05) is 6.07 Å². The zero-order valence-electron chi connectivity index (χ0n) is 13.4. The highest BCUT2D eigenvalue weighted by Gasteiger charge is 2.52. The highest BCUT2D eigenvalue weighted by atomic mass is 16.7. The van der Waals surface area contributed by atoms with E-state index in [0.717, 1.165) is 29.8 Å². The van der Waals surface area contributed by atoms with Crippen molar-refractivity contribution >= 4 is 12.6 Å². The first-order valence-electron chi connectivity index (χ1n) is 7.53. The minimum atomic E-state index is -0.417. The van der Waals surface area contributed by atoms with Crippen LogP contribution in [0.2, 0.25) is 0 Å². The first-order valence-corrected chi connectivity index (χ1v) is 7.53. The van der Waals surface area contributed by atoms with E-state index in [1.165, 1.54) is 0 Å². The van der Waals surface area contributed by atoms with Crippen molar-refractivity contribution < 1.29 is 18.8 Å². The van der Waals surface area contributed by atoms with Crippen molar-refractivity contribution in [3.63, 3.8) is 0 Å². The molecule has 0 spiro atoms. The second kappa shape index (κ2) is 4.92. The Morgan fingerprint density at radius 3 is 2.24 bits per heavy atom. The van der Waals surface area contributed by atoms with Crippen LogP contribution in [0, 0.1) is 0 Å². The first kappa shape index (κ1) is 14.7. The Labute approximate surface area is 126 Å². The van der Waals surface area contributed by atoms with Gasteiger partial charge in [-0.15, -0.1) is 0 Å². The van der Waals surface area contributed by atoms with Crippen LogP contribution in [-0.4, -0.2) is 31.5 Å². The molecular weight excluding hydrogens is 267 g/mol. The average molecular weight is 290 g/mol. The first-order chi connectivity index (χ1) is 9.82. The standard InChI is InChI=1S/C16H23BO4/c1-15(2)16(3,4)21-17(20-15)13-9-8-12(10-14(13)18-5)19-11-6-7-11/h8-11H,6-7H2,1-5H3. The second-order valence-electron chi connectivity index (χ2n) is 6.81. The van der Waals surface area contributed by atoms with Crippen LogP contribution in [0.25, 0.3) is 0 Å². The number of ether oxygens (including phenoxy) is 2. The fourth-order valence-corrected chi connectivity index (χ4v) is 2.31. The molecule has 1 heterocycles. The third-order valence-corrected chi connectivity index (χ3v) is 4.54. The Kier molecular flexibility index (Phi) is 3.45. The molecule has 3 rings (SSSR count). The molecule has 0 aromatic heterocycles. The summed E-state index contributed by atoms with van der Waals surface area (Å²) in [5.74, 6) is 1.58. The van der Waals surface area contributed by atoms with E-state index in [1.807, 2.05) is 45.9 Å². The van der Waals surface area contributed by atoms with Gasteiger partial charge in [0.15, 0.2) is 0 Å². The Morgan fingerprint density at radius 2 is 1.71 bits per heavy atom. The topological polar surface area (TPSA) is 36.9 Å². The molecule has 5 heteroatoms. The maximum absolute atomic E-state index is 6.08. The van der Waals surface area contributed by atoms with E-state index >= 15 is 0 Å². The molecule has 1 aromatic rings. The van der Waals surface area contributed by atoms with Crippen molar-refractivity contribution in [2.45, 2.75) is 57.8 Å². The van der Waals surface area contributed by atoms with E-state index < -0.39 is 7.12 Å². The van der Waals surface area contributed by atoms with E-state index in [-0.39, 0.29) is 11.2 Å². The lowest BCUT2D eigenvalue weighted by atomic mass is 9.78. The quantitative estimate of drug-likeness (QED) is 0.799. The summed E-state index contributed by atoms with van der Waals surface area (Å²) in [7, 11) is 1.24. The summed E-state index contributed by atoms with van der Waals surface area (Å²) in [6.45, 7) is 8.18. The Balaban J connectivity index is 1.85. The summed E-state index contributed by atoms with van der Waals surface area (Å²) in [6.07, 6.45) is 2.65. The van der Waals surface area contributed by atoms with Crippen LogP contribution in [-0.2, 0) is 9.31 Å². The van der Waals surface area contributed by atoms with Crippen LogP contribution in [0.5, 0.6) is 11.5 Å². The van der Waals surface area contributed by atoms with Crippen molar-refractivity contribution in [1.29, 1.82) is 0 Å². The summed E-state index contributed by atoms with van der Waals surface area (Å²) in [4.78, 5) is 0. The lowest BCUT2D eigenvalue weighted by molar-refractivity contribution is 0.00578. The molecule has 0 amide bonds. The van der Waals surface area contributed by atoms with Crippen molar-refractivity contribution in [3.8, 4) is 11.5 Å². The van der Waals surface area contributed by atoms with Gasteiger partial charge in [0.2, 0.25) is 0 Å². The Hall–Kier alpha value is -1.20. The zero-order chi connectivity index (χ0) is 15.3. The molecule has 1 aromatic carbocycles. The minimum absolute atomic E-state index is 0.355. The minimum Gasteiger partial charge on any atom is -0.497 e. The fourth-order valence-electron chi connectivity index (χ4n) is 2.31. The maximum Gasteiger partial charge on any atom is 0.498 e. The number of hydrogen-bond acceptors (Lipinski definition) is 4. The molecule has 1 aliphatic carbocycles. The van der Waals surface area contributed by atoms with Crippen molar-refractivity contribution in [2.24, 2.45) is 0 Å². The van der Waals surface area contributed by atoms with Crippen molar-refractivity contribution in [3.05, 3.63) is 18.2 Å². The molecule has 0 unspecified atom stereocenters. The summed E-state index contributed by atoms with van der Waals surface area (Å²) in [5.41, 5.74) is 0.192. The second-order valence-corrected chi connectivity index (χ2v) is 6.81. The molecule has 0 N–H and O–H groups in total. The van der Waals surface area contributed by atoms with E-state index in [0.29, 0.717) is 6.10 Å². The van der Waals surface area contributed by atoms with Gasteiger partial charge in [0.25, 0.3) is 0 Å². The molecule has 1 saturated carbocycles. The lowest BCUT2D eigenvalue weighted by Crippen LogP contribution is -2.41. The zero-order valence-corrected chi connectivity index (χ0v) is 13.4. The van der Waals surface area contributed by atoms with Crippen LogP contribution in [0.1, 0.15) is 40.5 Å². The largest absolute Gasteiger partial charge is 0.498 e. The molecule has 4 nitrogen and oxygen atoms in total. The molecule has 1 aliphatic heterocycles. The van der Waals surface area contributed by atoms with Crippen LogP contribution < -0.4 is 14.9 Å². The van der Waals surface area contributed by atoms with Gasteiger partial charge >= 0.3 is 7.12 Å². The van der Waals surface area contributed by atoms with Crippen LogP contribution in [0.15, 0.2) is 18.2 Å². The summed E-state index contributed by atoms with van der Waals surface area (Å²) in [6, 6.07) is 5.85. The SMILES string of the molecule is COc1cc(OC2CC2)ccc1B1OC(C)(C)C(C)(C)O1. The molecule has 21 heavy (non-hydrogen) atoms. The van der Waals surface area contributed by atoms with E-state index in [9.17, 15) is 0 Å². The fraction of sp³-hybridized carbons (Fsp3) is 0.625. The molecule has 2 fully saturated rings. The number of methoxy groups -OCH3 is 1. The predicted molar refractivity (Wildman–Crippen MR) is 82.4 cm³/mol. The van der Waals surface area contributed by atoms with Crippen molar-refractivity contribution in [2.75, 3.05) is 7.11 Å². The van der Waals surface area contributed by atoms with Crippen LogP contribution in [0.4, 0.5) is 0 Å². The van der Waals surface area contributed by atoms with E-state index in [4.69, 9.17) is 18.8 Å². The third kappa shape index (κ3) is 2.77. The van der Waals surface area contributed by atoms with Gasteiger partial charge in [-0.05, 0) is 46.6 Å². The van der Waals surface area contributed by atoms with Gasteiger partial charge < -0.3 is 18.8 Å². The van der Waals surface area contributed by atoms with Gasteiger partial charge in [-0.2, -0.15) is 0 Å². The normalized spacial score (nSPS) is 23.2. The monoisotopic (exact) mass is 290 g/mol. The van der Waals surface area contributed by atoms with Crippen LogP contribution in [0.3, 0.4) is 0 Å². The summed E-state index contributed by atoms with van der Waals surface area (Å²) < 4.78 is 23.5. The van der Waals surface area contributed by atoms with E-state index in [1.54, 1.807) is 7.11 Å². The van der Waals surface area contributed by atoms with Crippen LogP contribution >= 0.6 is 0 Å². The molecule has 2 aliphatic rings. The average Bonchev–Trinajstić information content (AvgIpc) is 3.17. The maximum atomic E-state index is 6.08. The van der Waals surface area contributed by atoms with Gasteiger partial charge in [-0.25, -0.2) is 0 Å². The predicted octanol–water partition coefficient (Wildman–Crippen LogP) is 2.54. The van der Waals surface area contributed by atoms with Gasteiger partial charge in [0, 0.05) is 11.5 Å². The van der Waals surface area contributed by atoms with Gasteiger partial charge in [0.05, 0.1) is 24.4 Å². The Morgan fingerprint density at radius 1 is 1.10 bits per heavy atom. The summed E-state index contributed by atoms with van der Waals surface area (Å²) >= 11 is 0. The van der Waals surface area contributed by atoms with E-state index in [2.05, 4.69) is 0 Å². The van der Waals surface area contributed by atoms with Gasteiger partial charge in [-0.3, -0.25) is 0 Å². The number of hydrogen-bond donors (Lipinski definition) is 0. The van der Waals surface area contributed by atoms with Crippen molar-refractivity contribution in [1.82, 2.24) is 0 Å². The third-order valence-electron chi connectivity index (χ3n) is 4.54. The number of rotatable bonds is 4. The molecule has 1 saturated heterocycles. The highest BCUT2D eigenvalue weighted by Crippen LogP contribution is 2.37. The molecule has 114 valence electrons. The molecular formula is C16H23BO4. The Bertz CT molecular complexity index is 521. The summed E-state index contributed by atoms with van der Waals surface area (Å²) in [5, 5.41) is 0. The van der Waals surface area contributed by atoms with Gasteiger partial charge in [0.1, 0.15) is 11.5 Å². The molecule has 0 bridgehead atoms. The smallest absolute Gasteiger partial charge is 0.497 e. The molecule has 0 atom stereocenters. The number of benzene rings is 1. The highest BCUT2D eigenvalue weighted by molar-refractivity contribution is 6.63.